The predicted octanol–water partition coefficient (Wildman–Crippen LogP) is 4.65. The van der Waals surface area contributed by atoms with Crippen LogP contribution in [-0.4, -0.2) is 3.42 Å². The van der Waals surface area contributed by atoms with Crippen molar-refractivity contribution in [3.8, 4) is 11.1 Å². The Bertz CT molecular complexity index is 541. The highest BCUT2D eigenvalue weighted by molar-refractivity contribution is 14.1. The minimum absolute atomic E-state index is 0.412. The van der Waals surface area contributed by atoms with Gasteiger partial charge >= 0.3 is 0 Å². The Balaban J connectivity index is 2.02. The van der Waals surface area contributed by atoms with Crippen molar-refractivity contribution in [1.29, 1.82) is 0 Å². The quantitative estimate of drug-likeness (QED) is 0.526. The minimum Gasteiger partial charge on any atom is -0.0785 e. The first kappa shape index (κ1) is 11.3. The SMILES string of the molecule is CC1(I)Cc2ccc(-c3ccccc3)cc2C1. The number of halogens is 1. The standard InChI is InChI=1S/C16H15I/c1-16(17)10-14-8-7-13(9-15(14)11-16)12-5-3-2-4-6-12/h2-9H,10-11H2,1H3. The molecule has 0 N–H and O–H groups in total. The molecule has 2 aromatic rings. The maximum Gasteiger partial charge on any atom is 0.0274 e. The third-order valence-corrected chi connectivity index (χ3v) is 4.19. The van der Waals surface area contributed by atoms with E-state index in [-0.39, 0.29) is 0 Å². The fourth-order valence-corrected chi connectivity index (χ4v) is 3.45. The van der Waals surface area contributed by atoms with E-state index in [1.54, 1.807) is 0 Å². The molecule has 0 heterocycles. The Morgan fingerprint density at radius 3 is 2.35 bits per heavy atom. The molecule has 2 aromatic carbocycles. The number of rotatable bonds is 1. The van der Waals surface area contributed by atoms with Crippen molar-refractivity contribution in [3.63, 3.8) is 0 Å². The van der Waals surface area contributed by atoms with Gasteiger partial charge in [-0.15, -0.1) is 0 Å². The number of fused-ring (bicyclic) bond motifs is 1. The van der Waals surface area contributed by atoms with Crippen LogP contribution in [0.1, 0.15) is 18.1 Å². The summed E-state index contributed by atoms with van der Waals surface area (Å²) >= 11 is 2.59. The number of hydrogen-bond acceptors (Lipinski definition) is 0. The maximum absolute atomic E-state index is 2.59. The number of alkyl halides is 1. The Morgan fingerprint density at radius 1 is 0.882 bits per heavy atom. The van der Waals surface area contributed by atoms with E-state index in [1.165, 1.54) is 35.1 Å². The molecule has 17 heavy (non-hydrogen) atoms. The molecule has 0 nitrogen and oxygen atoms in total. The first-order valence-corrected chi connectivity index (χ1v) is 7.08. The van der Waals surface area contributed by atoms with Crippen LogP contribution in [0, 0.1) is 0 Å². The van der Waals surface area contributed by atoms with Gasteiger partial charge in [0.15, 0.2) is 0 Å². The van der Waals surface area contributed by atoms with Crippen molar-refractivity contribution in [3.05, 3.63) is 59.7 Å². The predicted molar refractivity (Wildman–Crippen MR) is 81.7 cm³/mol. The zero-order chi connectivity index (χ0) is 11.9. The van der Waals surface area contributed by atoms with Crippen LogP contribution >= 0.6 is 22.6 Å². The van der Waals surface area contributed by atoms with Gasteiger partial charge in [-0.05, 0) is 42.0 Å². The summed E-state index contributed by atoms with van der Waals surface area (Å²) < 4.78 is 0.412. The Labute approximate surface area is 116 Å². The summed E-state index contributed by atoms with van der Waals surface area (Å²) in [5, 5.41) is 0. The van der Waals surface area contributed by atoms with Gasteiger partial charge in [-0.3, -0.25) is 0 Å². The molecule has 0 saturated carbocycles. The lowest BCUT2D eigenvalue weighted by Crippen LogP contribution is -2.13. The van der Waals surface area contributed by atoms with E-state index in [0.29, 0.717) is 3.42 Å². The van der Waals surface area contributed by atoms with Crippen molar-refractivity contribution < 1.29 is 0 Å². The maximum atomic E-state index is 2.59. The first-order chi connectivity index (χ1) is 8.14. The molecular formula is C16H15I. The highest BCUT2D eigenvalue weighted by Crippen LogP contribution is 2.38. The van der Waals surface area contributed by atoms with E-state index in [1.807, 2.05) is 0 Å². The second kappa shape index (κ2) is 4.13. The third kappa shape index (κ3) is 2.25. The molecule has 1 unspecified atom stereocenters. The van der Waals surface area contributed by atoms with Crippen LogP contribution in [-0.2, 0) is 12.8 Å². The summed E-state index contributed by atoms with van der Waals surface area (Å²) in [6.45, 7) is 2.34. The number of hydrogen-bond donors (Lipinski definition) is 0. The van der Waals surface area contributed by atoms with Gasteiger partial charge in [0.05, 0.1) is 0 Å². The van der Waals surface area contributed by atoms with E-state index in [4.69, 9.17) is 0 Å². The second-order valence-corrected chi connectivity index (χ2v) is 7.72. The van der Waals surface area contributed by atoms with Crippen LogP contribution in [0.3, 0.4) is 0 Å². The Morgan fingerprint density at radius 2 is 1.59 bits per heavy atom. The van der Waals surface area contributed by atoms with Crippen LogP contribution in [0.5, 0.6) is 0 Å². The Hall–Kier alpha value is -0.830. The minimum atomic E-state index is 0.412. The molecule has 0 fully saturated rings. The molecule has 0 amide bonds. The van der Waals surface area contributed by atoms with Crippen molar-refractivity contribution in [2.75, 3.05) is 0 Å². The van der Waals surface area contributed by atoms with Gasteiger partial charge in [-0.1, -0.05) is 71.1 Å². The van der Waals surface area contributed by atoms with Crippen LogP contribution in [0.2, 0.25) is 0 Å². The second-order valence-electron chi connectivity index (χ2n) is 5.12. The first-order valence-electron chi connectivity index (χ1n) is 6.00. The van der Waals surface area contributed by atoms with Crippen LogP contribution in [0.4, 0.5) is 0 Å². The van der Waals surface area contributed by atoms with Gasteiger partial charge in [0.25, 0.3) is 0 Å². The van der Waals surface area contributed by atoms with Gasteiger partial charge < -0.3 is 0 Å². The van der Waals surface area contributed by atoms with Crippen LogP contribution < -0.4 is 0 Å². The molecular weight excluding hydrogens is 319 g/mol. The van der Waals surface area contributed by atoms with E-state index in [0.717, 1.165) is 0 Å². The van der Waals surface area contributed by atoms with E-state index < -0.39 is 0 Å². The third-order valence-electron chi connectivity index (χ3n) is 3.43. The summed E-state index contributed by atoms with van der Waals surface area (Å²) in [5.41, 5.74) is 5.72. The molecule has 1 aliphatic rings. The van der Waals surface area contributed by atoms with Crippen molar-refractivity contribution in [2.24, 2.45) is 0 Å². The van der Waals surface area contributed by atoms with E-state index in [9.17, 15) is 0 Å². The molecule has 1 heteroatoms. The average Bonchev–Trinajstić information content (AvgIpc) is 2.63. The molecule has 86 valence electrons. The van der Waals surface area contributed by atoms with Gasteiger partial charge in [0.1, 0.15) is 0 Å². The lowest BCUT2D eigenvalue weighted by atomic mass is 10.0. The number of benzene rings is 2. The van der Waals surface area contributed by atoms with E-state index in [2.05, 4.69) is 78.0 Å². The summed E-state index contributed by atoms with van der Waals surface area (Å²) in [5.74, 6) is 0. The lowest BCUT2D eigenvalue weighted by Gasteiger charge is -2.12. The molecule has 1 atom stereocenters. The molecule has 0 radical (unpaired) electrons. The fraction of sp³-hybridized carbons (Fsp3) is 0.250. The molecule has 0 aliphatic heterocycles. The summed E-state index contributed by atoms with van der Waals surface area (Å²) in [4.78, 5) is 0. The topological polar surface area (TPSA) is 0 Å². The normalized spacial score (nSPS) is 22.5. The molecule has 0 bridgehead atoms. The van der Waals surface area contributed by atoms with Gasteiger partial charge in [0.2, 0.25) is 0 Å². The van der Waals surface area contributed by atoms with E-state index >= 15 is 0 Å². The lowest BCUT2D eigenvalue weighted by molar-refractivity contribution is 0.726. The molecule has 3 rings (SSSR count). The van der Waals surface area contributed by atoms with Crippen molar-refractivity contribution in [2.45, 2.75) is 23.2 Å². The van der Waals surface area contributed by atoms with Gasteiger partial charge in [-0.25, -0.2) is 0 Å². The fourth-order valence-electron chi connectivity index (χ4n) is 2.63. The smallest absolute Gasteiger partial charge is 0.0274 e. The average molecular weight is 334 g/mol. The van der Waals surface area contributed by atoms with Crippen molar-refractivity contribution in [1.82, 2.24) is 0 Å². The highest BCUT2D eigenvalue weighted by atomic mass is 127. The van der Waals surface area contributed by atoms with Crippen LogP contribution in [0.25, 0.3) is 11.1 Å². The molecule has 0 saturated heterocycles. The van der Waals surface area contributed by atoms with Gasteiger partial charge in [0, 0.05) is 3.42 Å². The Kier molecular flexibility index (Phi) is 2.74. The molecule has 0 aromatic heterocycles. The van der Waals surface area contributed by atoms with Crippen LogP contribution in [0.15, 0.2) is 48.5 Å². The van der Waals surface area contributed by atoms with Crippen molar-refractivity contribution >= 4 is 22.6 Å². The van der Waals surface area contributed by atoms with Gasteiger partial charge in [-0.2, -0.15) is 0 Å². The highest BCUT2D eigenvalue weighted by Gasteiger charge is 2.29. The summed E-state index contributed by atoms with van der Waals surface area (Å²) in [6, 6.07) is 17.6. The summed E-state index contributed by atoms with van der Waals surface area (Å²) in [6.07, 6.45) is 2.40. The zero-order valence-corrected chi connectivity index (χ0v) is 12.1. The molecule has 1 aliphatic carbocycles. The zero-order valence-electron chi connectivity index (χ0n) is 9.91. The molecule has 0 spiro atoms. The monoisotopic (exact) mass is 334 g/mol. The summed E-state index contributed by atoms with van der Waals surface area (Å²) in [7, 11) is 0. The largest absolute Gasteiger partial charge is 0.0785 e.